The van der Waals surface area contributed by atoms with Crippen LogP contribution in [0.25, 0.3) is 10.8 Å². The second-order valence-electron chi connectivity index (χ2n) is 8.94. The zero-order valence-corrected chi connectivity index (χ0v) is 20.9. The summed E-state index contributed by atoms with van der Waals surface area (Å²) in [5.41, 5.74) is 3.06. The minimum absolute atomic E-state index is 0. The second-order valence-corrected chi connectivity index (χ2v) is 8.94. The van der Waals surface area contributed by atoms with Gasteiger partial charge in [-0.1, -0.05) is 30.3 Å². The molecular formula is C27H29Cl2FN4O. The Balaban J connectivity index is 0.00000171. The minimum atomic E-state index is -0.250. The number of nitrogens with zero attached hydrogens (tertiary/aromatic N) is 2. The van der Waals surface area contributed by atoms with Crippen molar-refractivity contribution in [3.63, 3.8) is 0 Å². The van der Waals surface area contributed by atoms with E-state index in [1.54, 1.807) is 16.8 Å². The van der Waals surface area contributed by atoms with E-state index in [1.165, 1.54) is 22.7 Å². The Hall–Kier alpha value is -2.80. The van der Waals surface area contributed by atoms with Crippen LogP contribution < -0.4 is 40.3 Å². The molecule has 0 spiro atoms. The van der Waals surface area contributed by atoms with Crippen molar-refractivity contribution in [3.05, 3.63) is 106 Å². The van der Waals surface area contributed by atoms with Crippen molar-refractivity contribution in [2.75, 3.05) is 13.1 Å². The molecule has 1 aliphatic heterocycles. The maximum Gasteiger partial charge on any atom is 0.274 e. The summed E-state index contributed by atoms with van der Waals surface area (Å²) in [4.78, 5) is 18.3. The SMILES string of the molecule is O=c1c2ccccc2c(Cc2ccc(F)cc2)nn1C1CCC[NH+](Cc2cccc[nH+]2)CC1.[Cl-].[Cl-]. The maximum absolute atomic E-state index is 13.4. The number of aromatic amines is 1. The van der Waals surface area contributed by atoms with Crippen LogP contribution in [-0.2, 0) is 13.0 Å². The predicted octanol–water partition coefficient (Wildman–Crippen LogP) is -3.24. The molecule has 1 aliphatic rings. The van der Waals surface area contributed by atoms with Gasteiger partial charge >= 0.3 is 0 Å². The molecule has 35 heavy (non-hydrogen) atoms. The zero-order chi connectivity index (χ0) is 22.6. The quantitative estimate of drug-likeness (QED) is 0.304. The monoisotopic (exact) mass is 514 g/mol. The molecule has 2 N–H and O–H groups in total. The summed E-state index contributed by atoms with van der Waals surface area (Å²) < 4.78 is 15.1. The average molecular weight is 515 g/mol. The van der Waals surface area contributed by atoms with Crippen LogP contribution in [-0.4, -0.2) is 22.9 Å². The van der Waals surface area contributed by atoms with Gasteiger partial charge in [-0.15, -0.1) is 0 Å². The van der Waals surface area contributed by atoms with E-state index in [4.69, 9.17) is 5.10 Å². The number of hydrogen-bond acceptors (Lipinski definition) is 2. The first-order valence-corrected chi connectivity index (χ1v) is 11.7. The smallest absolute Gasteiger partial charge is 0.274 e. The summed E-state index contributed by atoms with van der Waals surface area (Å²) >= 11 is 0. The molecule has 0 bridgehead atoms. The number of hydrogen-bond donors (Lipinski definition) is 1. The lowest BCUT2D eigenvalue weighted by atomic mass is 10.0. The highest BCUT2D eigenvalue weighted by Gasteiger charge is 2.25. The van der Waals surface area contributed by atoms with Gasteiger partial charge in [-0.05, 0) is 42.7 Å². The molecule has 1 fully saturated rings. The molecule has 0 radical (unpaired) electrons. The molecule has 8 heteroatoms. The van der Waals surface area contributed by atoms with E-state index in [0.29, 0.717) is 11.8 Å². The van der Waals surface area contributed by atoms with Gasteiger partial charge in [-0.3, -0.25) is 4.79 Å². The van der Waals surface area contributed by atoms with Gasteiger partial charge in [0.15, 0.2) is 12.7 Å². The lowest BCUT2D eigenvalue weighted by Gasteiger charge is -2.19. The van der Waals surface area contributed by atoms with Crippen LogP contribution in [0.15, 0.2) is 77.7 Å². The van der Waals surface area contributed by atoms with Crippen LogP contribution in [0.2, 0.25) is 0 Å². The van der Waals surface area contributed by atoms with Crippen LogP contribution in [0.4, 0.5) is 4.39 Å². The molecule has 0 saturated carbocycles. The number of H-pyrrole nitrogens is 1. The number of fused-ring (bicyclic) bond motifs is 1. The largest absolute Gasteiger partial charge is 1.00 e. The van der Waals surface area contributed by atoms with Crippen LogP contribution in [0.3, 0.4) is 0 Å². The van der Waals surface area contributed by atoms with Gasteiger partial charge in [0, 0.05) is 30.4 Å². The van der Waals surface area contributed by atoms with E-state index < -0.39 is 0 Å². The number of benzene rings is 2. The Morgan fingerprint density at radius 3 is 2.43 bits per heavy atom. The van der Waals surface area contributed by atoms with E-state index in [0.717, 1.165) is 55.5 Å². The molecule has 2 aromatic carbocycles. The third-order valence-corrected chi connectivity index (χ3v) is 6.65. The number of nitrogens with one attached hydrogen (secondary N) is 2. The van der Waals surface area contributed by atoms with Crippen molar-refractivity contribution in [2.45, 2.75) is 38.3 Å². The van der Waals surface area contributed by atoms with E-state index in [1.807, 2.05) is 36.5 Å². The van der Waals surface area contributed by atoms with Crippen LogP contribution >= 0.6 is 0 Å². The molecule has 5 nitrogen and oxygen atoms in total. The van der Waals surface area contributed by atoms with Crippen LogP contribution in [0.5, 0.6) is 0 Å². The lowest BCUT2D eigenvalue weighted by Crippen LogP contribution is -3.10. The molecule has 1 saturated heterocycles. The average Bonchev–Trinajstić information content (AvgIpc) is 3.08. The van der Waals surface area contributed by atoms with E-state index >= 15 is 0 Å². The number of likely N-dealkylation sites (tertiary alicyclic amines) is 1. The lowest BCUT2D eigenvalue weighted by molar-refractivity contribution is -0.917. The van der Waals surface area contributed by atoms with Crippen molar-refractivity contribution in [1.29, 1.82) is 0 Å². The van der Waals surface area contributed by atoms with Gasteiger partial charge in [0.2, 0.25) is 5.69 Å². The zero-order valence-electron chi connectivity index (χ0n) is 19.4. The summed E-state index contributed by atoms with van der Waals surface area (Å²) in [6.45, 7) is 3.05. The van der Waals surface area contributed by atoms with E-state index in [2.05, 4.69) is 17.1 Å². The Labute approximate surface area is 216 Å². The molecule has 4 aromatic rings. The van der Waals surface area contributed by atoms with Gasteiger partial charge in [0.1, 0.15) is 5.82 Å². The van der Waals surface area contributed by atoms with Gasteiger partial charge in [0.05, 0.1) is 30.2 Å². The van der Waals surface area contributed by atoms with Crippen molar-refractivity contribution in [1.82, 2.24) is 9.78 Å². The Morgan fingerprint density at radius 1 is 0.943 bits per heavy atom. The molecule has 0 amide bonds. The van der Waals surface area contributed by atoms with Gasteiger partial charge in [-0.2, -0.15) is 5.10 Å². The number of aromatic nitrogens is 3. The van der Waals surface area contributed by atoms with Gasteiger partial charge < -0.3 is 29.7 Å². The Morgan fingerprint density at radius 2 is 1.69 bits per heavy atom. The van der Waals surface area contributed by atoms with Crippen molar-refractivity contribution in [3.8, 4) is 0 Å². The summed E-state index contributed by atoms with van der Waals surface area (Å²) in [7, 11) is 0. The highest BCUT2D eigenvalue weighted by atomic mass is 35.5. The highest BCUT2D eigenvalue weighted by Crippen LogP contribution is 2.21. The van der Waals surface area contributed by atoms with Crippen LogP contribution in [0, 0.1) is 5.82 Å². The first-order valence-electron chi connectivity index (χ1n) is 11.7. The van der Waals surface area contributed by atoms with Crippen LogP contribution in [0.1, 0.15) is 42.3 Å². The molecule has 2 atom stereocenters. The number of pyridine rings is 1. The molecule has 0 aliphatic carbocycles. The fraction of sp³-hybridized carbons (Fsp3) is 0.296. The summed E-state index contributed by atoms with van der Waals surface area (Å²) in [6, 6.07) is 20.5. The number of halogens is 3. The van der Waals surface area contributed by atoms with E-state index in [9.17, 15) is 9.18 Å². The molecule has 2 unspecified atom stereocenters. The third kappa shape index (κ3) is 6.26. The number of quaternary nitrogens is 1. The fourth-order valence-corrected chi connectivity index (χ4v) is 4.91. The second kappa shape index (κ2) is 12.2. The van der Waals surface area contributed by atoms with Crippen molar-refractivity contribution < 1.29 is 39.1 Å². The normalized spacial score (nSPS) is 17.7. The highest BCUT2D eigenvalue weighted by molar-refractivity contribution is 5.83. The summed E-state index contributed by atoms with van der Waals surface area (Å²) in [5.74, 6) is -0.250. The van der Waals surface area contributed by atoms with Crippen molar-refractivity contribution in [2.24, 2.45) is 0 Å². The third-order valence-electron chi connectivity index (χ3n) is 6.65. The number of rotatable bonds is 5. The van der Waals surface area contributed by atoms with E-state index in [-0.39, 0.29) is 42.2 Å². The molecular weight excluding hydrogens is 486 g/mol. The first-order chi connectivity index (χ1) is 16.2. The minimum Gasteiger partial charge on any atom is -1.00 e. The standard InChI is InChI=1S/C27H27FN4O.2ClH/c28-21-12-10-20(11-13-21)18-26-24-8-1-2-9-25(24)27(33)32(30-26)23-7-5-16-31(17-14-23)19-22-6-3-4-15-29-22;;/h1-4,6,8-13,15,23H,5,7,14,16-19H2;2*1H. The van der Waals surface area contributed by atoms with Crippen molar-refractivity contribution >= 4 is 10.8 Å². The van der Waals surface area contributed by atoms with Gasteiger partial charge in [0.25, 0.3) is 5.56 Å². The van der Waals surface area contributed by atoms with Gasteiger partial charge in [-0.25, -0.2) is 14.1 Å². The topological polar surface area (TPSA) is 53.5 Å². The fourth-order valence-electron chi connectivity index (χ4n) is 4.91. The Kier molecular flexibility index (Phi) is 9.38. The predicted molar refractivity (Wildman–Crippen MR) is 125 cm³/mol. The summed E-state index contributed by atoms with van der Waals surface area (Å²) in [6.07, 6.45) is 5.46. The first kappa shape index (κ1) is 26.8. The Bertz CT molecular complexity index is 1300. The maximum atomic E-state index is 13.4. The molecule has 184 valence electrons. The summed E-state index contributed by atoms with van der Waals surface area (Å²) in [5, 5.41) is 6.47. The molecule has 3 heterocycles. The molecule has 2 aromatic heterocycles. The molecule has 5 rings (SSSR count).